The van der Waals surface area contributed by atoms with Gasteiger partial charge in [-0.1, -0.05) is 24.9 Å². The molecule has 1 fully saturated rings. The molecule has 152 valence electrons. The van der Waals surface area contributed by atoms with Crippen LogP contribution in [0.5, 0.6) is 11.5 Å². The molecule has 1 aliphatic carbocycles. The molecule has 0 spiro atoms. The highest BCUT2D eigenvalue weighted by Crippen LogP contribution is 2.37. The number of ether oxygens (including phenoxy) is 2. The summed E-state index contributed by atoms with van der Waals surface area (Å²) in [5.41, 5.74) is 1.36. The fraction of sp³-hybridized carbons (Fsp3) is 0.524. The lowest BCUT2D eigenvalue weighted by atomic mass is 10.1. The first-order valence-corrected chi connectivity index (χ1v) is 10.3. The summed E-state index contributed by atoms with van der Waals surface area (Å²) in [4.78, 5) is 12.9. The number of halogens is 1. The van der Waals surface area contributed by atoms with Gasteiger partial charge < -0.3 is 14.8 Å². The third-order valence-electron chi connectivity index (χ3n) is 4.70. The van der Waals surface area contributed by atoms with E-state index < -0.39 is 0 Å². The standard InChI is InChI=1S/C21H28ClN3O3/c1-4-6-9-28-19-17(22)10-16(11-18(19)27-5-2)21(26)24-20-14(3)12-23-25(20)13-15-7-8-15/h10-12,15H,4-9,13H2,1-3H3,(H,24,26). The fourth-order valence-electron chi connectivity index (χ4n) is 2.93. The van der Waals surface area contributed by atoms with Crippen molar-refractivity contribution in [3.63, 3.8) is 0 Å². The van der Waals surface area contributed by atoms with Gasteiger partial charge in [-0.25, -0.2) is 4.68 Å². The number of amides is 1. The van der Waals surface area contributed by atoms with Gasteiger partial charge in [0.15, 0.2) is 11.5 Å². The predicted octanol–water partition coefficient (Wildman–Crippen LogP) is 5.08. The Bertz CT molecular complexity index is 831. The molecule has 1 aromatic heterocycles. The second-order valence-electron chi connectivity index (χ2n) is 7.18. The summed E-state index contributed by atoms with van der Waals surface area (Å²) in [6, 6.07) is 3.31. The fourth-order valence-corrected chi connectivity index (χ4v) is 3.19. The third-order valence-corrected chi connectivity index (χ3v) is 4.98. The Morgan fingerprint density at radius 3 is 2.79 bits per heavy atom. The normalized spacial score (nSPS) is 13.4. The molecule has 1 saturated carbocycles. The van der Waals surface area contributed by atoms with Gasteiger partial charge in [-0.3, -0.25) is 4.79 Å². The summed E-state index contributed by atoms with van der Waals surface area (Å²) >= 11 is 6.41. The van der Waals surface area contributed by atoms with Crippen molar-refractivity contribution in [1.82, 2.24) is 9.78 Å². The molecule has 1 amide bonds. The van der Waals surface area contributed by atoms with Crippen molar-refractivity contribution in [2.75, 3.05) is 18.5 Å². The topological polar surface area (TPSA) is 65.4 Å². The van der Waals surface area contributed by atoms with Crippen LogP contribution in [-0.2, 0) is 6.54 Å². The van der Waals surface area contributed by atoms with Gasteiger partial charge in [-0.15, -0.1) is 0 Å². The summed E-state index contributed by atoms with van der Waals surface area (Å²) in [5, 5.41) is 7.75. The number of unbranched alkanes of at least 4 members (excludes halogenated alkanes) is 1. The SMILES string of the molecule is CCCCOc1c(Cl)cc(C(=O)Nc2c(C)cnn2CC2CC2)cc1OCC. The zero-order valence-electron chi connectivity index (χ0n) is 16.8. The van der Waals surface area contributed by atoms with E-state index in [9.17, 15) is 4.79 Å². The average molecular weight is 406 g/mol. The van der Waals surface area contributed by atoms with Crippen LogP contribution in [0, 0.1) is 12.8 Å². The third kappa shape index (κ3) is 4.98. The van der Waals surface area contributed by atoms with Crippen LogP contribution in [0.15, 0.2) is 18.3 Å². The maximum absolute atomic E-state index is 12.9. The minimum absolute atomic E-state index is 0.247. The average Bonchev–Trinajstić information content (AvgIpc) is 3.42. The first kappa shape index (κ1) is 20.5. The van der Waals surface area contributed by atoms with E-state index in [1.54, 1.807) is 18.3 Å². The quantitative estimate of drug-likeness (QED) is 0.559. The maximum Gasteiger partial charge on any atom is 0.257 e. The van der Waals surface area contributed by atoms with Gasteiger partial charge in [0.25, 0.3) is 5.91 Å². The van der Waals surface area contributed by atoms with Crippen molar-refractivity contribution >= 4 is 23.3 Å². The number of aryl methyl sites for hydroxylation is 1. The van der Waals surface area contributed by atoms with Gasteiger partial charge in [0.05, 0.1) is 24.4 Å². The molecule has 7 heteroatoms. The van der Waals surface area contributed by atoms with Crippen molar-refractivity contribution in [1.29, 1.82) is 0 Å². The van der Waals surface area contributed by atoms with Gasteiger partial charge in [0.1, 0.15) is 5.82 Å². The van der Waals surface area contributed by atoms with Gasteiger partial charge in [-0.2, -0.15) is 5.10 Å². The Labute approximate surface area is 171 Å². The lowest BCUT2D eigenvalue weighted by Crippen LogP contribution is -2.17. The number of nitrogens with zero attached hydrogens (tertiary/aromatic N) is 2. The lowest BCUT2D eigenvalue weighted by molar-refractivity contribution is 0.102. The van der Waals surface area contributed by atoms with Crippen LogP contribution in [-0.4, -0.2) is 28.9 Å². The number of carbonyl (C=O) groups excluding carboxylic acids is 1. The van der Waals surface area contributed by atoms with Crippen LogP contribution < -0.4 is 14.8 Å². The smallest absolute Gasteiger partial charge is 0.257 e. The number of nitrogens with one attached hydrogen (secondary N) is 1. The minimum Gasteiger partial charge on any atom is -0.490 e. The molecule has 1 aliphatic rings. The van der Waals surface area contributed by atoms with E-state index in [-0.39, 0.29) is 5.91 Å². The second-order valence-corrected chi connectivity index (χ2v) is 7.58. The van der Waals surface area contributed by atoms with Crippen molar-refractivity contribution < 1.29 is 14.3 Å². The van der Waals surface area contributed by atoms with Gasteiger partial charge in [-0.05, 0) is 51.2 Å². The number of hydrogen-bond acceptors (Lipinski definition) is 4. The zero-order valence-corrected chi connectivity index (χ0v) is 17.5. The Kier molecular flexibility index (Phi) is 6.83. The van der Waals surface area contributed by atoms with E-state index >= 15 is 0 Å². The molecule has 2 aromatic rings. The van der Waals surface area contributed by atoms with E-state index in [0.29, 0.717) is 41.2 Å². The summed E-state index contributed by atoms with van der Waals surface area (Å²) in [5.74, 6) is 2.12. The molecule has 0 saturated heterocycles. The maximum atomic E-state index is 12.9. The monoisotopic (exact) mass is 405 g/mol. The number of aromatic nitrogens is 2. The van der Waals surface area contributed by atoms with Crippen LogP contribution in [0.4, 0.5) is 5.82 Å². The molecule has 0 aliphatic heterocycles. The summed E-state index contributed by atoms with van der Waals surface area (Å²) in [7, 11) is 0. The van der Waals surface area contributed by atoms with Crippen LogP contribution in [0.2, 0.25) is 5.02 Å². The van der Waals surface area contributed by atoms with Crippen LogP contribution in [0.25, 0.3) is 0 Å². The van der Waals surface area contributed by atoms with E-state index in [2.05, 4.69) is 17.3 Å². The van der Waals surface area contributed by atoms with Crippen molar-refractivity contribution in [2.45, 2.75) is 53.0 Å². The lowest BCUT2D eigenvalue weighted by Gasteiger charge is -2.15. The highest BCUT2D eigenvalue weighted by atomic mass is 35.5. The largest absolute Gasteiger partial charge is 0.490 e. The highest BCUT2D eigenvalue weighted by molar-refractivity contribution is 6.32. The first-order valence-electron chi connectivity index (χ1n) is 9.96. The minimum atomic E-state index is -0.247. The van der Waals surface area contributed by atoms with Crippen molar-refractivity contribution in [3.8, 4) is 11.5 Å². The summed E-state index contributed by atoms with van der Waals surface area (Å²) in [6.07, 6.45) is 6.17. The van der Waals surface area contributed by atoms with Crippen LogP contribution in [0.1, 0.15) is 55.5 Å². The number of anilines is 1. The highest BCUT2D eigenvalue weighted by Gasteiger charge is 2.24. The van der Waals surface area contributed by atoms with Crippen LogP contribution >= 0.6 is 11.6 Å². The second kappa shape index (κ2) is 9.32. The Balaban J connectivity index is 1.80. The van der Waals surface area contributed by atoms with E-state index in [4.69, 9.17) is 21.1 Å². The molecule has 0 atom stereocenters. The first-order chi connectivity index (χ1) is 13.5. The molecule has 1 aromatic carbocycles. The molecule has 28 heavy (non-hydrogen) atoms. The number of rotatable bonds is 10. The van der Waals surface area contributed by atoms with Gasteiger partial charge >= 0.3 is 0 Å². The number of benzene rings is 1. The van der Waals surface area contributed by atoms with Crippen molar-refractivity contribution in [2.24, 2.45) is 5.92 Å². The number of carbonyl (C=O) groups is 1. The molecule has 6 nitrogen and oxygen atoms in total. The molecule has 0 unspecified atom stereocenters. The molecule has 1 heterocycles. The number of hydrogen-bond donors (Lipinski definition) is 1. The molecular weight excluding hydrogens is 378 g/mol. The molecule has 3 rings (SSSR count). The van der Waals surface area contributed by atoms with Crippen molar-refractivity contribution in [3.05, 3.63) is 34.5 Å². The Morgan fingerprint density at radius 2 is 2.11 bits per heavy atom. The molecule has 0 radical (unpaired) electrons. The Hall–Kier alpha value is -2.21. The Morgan fingerprint density at radius 1 is 1.32 bits per heavy atom. The summed E-state index contributed by atoms with van der Waals surface area (Å²) < 4.78 is 13.3. The zero-order chi connectivity index (χ0) is 20.1. The van der Waals surface area contributed by atoms with Crippen LogP contribution in [0.3, 0.4) is 0 Å². The molecular formula is C21H28ClN3O3. The van der Waals surface area contributed by atoms with Gasteiger partial charge in [0.2, 0.25) is 0 Å². The van der Waals surface area contributed by atoms with E-state index in [1.807, 2.05) is 18.5 Å². The summed E-state index contributed by atoms with van der Waals surface area (Å²) in [6.45, 7) is 7.77. The van der Waals surface area contributed by atoms with E-state index in [0.717, 1.165) is 30.8 Å². The van der Waals surface area contributed by atoms with E-state index in [1.165, 1.54) is 12.8 Å². The molecule has 0 bridgehead atoms. The van der Waals surface area contributed by atoms with Gasteiger partial charge in [0, 0.05) is 17.7 Å². The predicted molar refractivity (Wildman–Crippen MR) is 111 cm³/mol. The molecule has 1 N–H and O–H groups in total.